The molecule has 4 rings (SSSR count). The lowest BCUT2D eigenvalue weighted by molar-refractivity contribution is 0.415. The Balaban J connectivity index is 1.56. The van der Waals surface area contributed by atoms with Crippen LogP contribution in [0.1, 0.15) is 11.7 Å². The fourth-order valence-corrected chi connectivity index (χ4v) is 3.76. The number of hydrogen-bond acceptors (Lipinski definition) is 3. The van der Waals surface area contributed by atoms with Gasteiger partial charge >= 0.3 is 0 Å². The smallest absolute Gasteiger partial charge is 0.261 e. The predicted molar refractivity (Wildman–Crippen MR) is 97.8 cm³/mol. The summed E-state index contributed by atoms with van der Waals surface area (Å²) in [7, 11) is -3.63. The van der Waals surface area contributed by atoms with E-state index in [0.717, 1.165) is 16.7 Å². The molecule has 0 bridgehead atoms. The van der Waals surface area contributed by atoms with Crippen LogP contribution in [-0.2, 0) is 14.8 Å². The molecule has 0 saturated carbocycles. The van der Waals surface area contributed by atoms with Gasteiger partial charge in [-0.2, -0.15) is 0 Å². The number of sulfonamides is 1. The van der Waals surface area contributed by atoms with Gasteiger partial charge in [-0.3, -0.25) is 4.72 Å². The van der Waals surface area contributed by atoms with Gasteiger partial charge in [0.15, 0.2) is 0 Å². The molecule has 0 amide bonds. The van der Waals surface area contributed by atoms with E-state index in [4.69, 9.17) is 4.74 Å². The molecule has 1 atom stereocenters. The Kier molecular flexibility index (Phi) is 4.03. The van der Waals surface area contributed by atoms with E-state index in [2.05, 4.69) is 4.72 Å². The van der Waals surface area contributed by atoms with E-state index in [1.54, 1.807) is 18.2 Å². The highest BCUT2D eigenvalue weighted by Gasteiger charge is 2.25. The van der Waals surface area contributed by atoms with E-state index < -0.39 is 10.0 Å². The summed E-state index contributed by atoms with van der Waals surface area (Å²) in [6, 6.07) is 24.0. The molecule has 1 N–H and O–H groups in total. The third-order valence-electron chi connectivity index (χ3n) is 4.12. The van der Waals surface area contributed by atoms with Gasteiger partial charge in [0, 0.05) is 5.69 Å². The summed E-state index contributed by atoms with van der Waals surface area (Å²) in [6.45, 7) is 0.692. The molecule has 0 aromatic heterocycles. The summed E-state index contributed by atoms with van der Waals surface area (Å²) in [5, 5.41) is 0. The van der Waals surface area contributed by atoms with E-state index in [9.17, 15) is 8.42 Å². The number of nitrogens with one attached hydrogen (secondary N) is 1. The van der Waals surface area contributed by atoms with Crippen molar-refractivity contribution in [1.29, 1.82) is 0 Å². The van der Waals surface area contributed by atoms with Crippen LogP contribution in [0.5, 0.6) is 0 Å². The third-order valence-corrected chi connectivity index (χ3v) is 5.51. The standard InChI is InChI=1S/C20H17NO3S/c22-25(23,21-18-8-4-7-17(13-18)20-14-24-20)19-11-9-16(10-12-19)15-5-2-1-3-6-15/h1-13,20-21H,14H2. The molecule has 1 aliphatic rings. The molecule has 1 unspecified atom stereocenters. The van der Waals surface area contributed by atoms with Crippen LogP contribution in [0.25, 0.3) is 11.1 Å². The molecule has 25 heavy (non-hydrogen) atoms. The number of rotatable bonds is 5. The van der Waals surface area contributed by atoms with Gasteiger partial charge in [0.1, 0.15) is 6.10 Å². The van der Waals surface area contributed by atoms with Crippen molar-refractivity contribution in [2.45, 2.75) is 11.0 Å². The van der Waals surface area contributed by atoms with Crippen molar-refractivity contribution in [1.82, 2.24) is 0 Å². The summed E-state index contributed by atoms with van der Waals surface area (Å²) < 4.78 is 33.1. The highest BCUT2D eigenvalue weighted by atomic mass is 32.2. The molecule has 0 radical (unpaired) electrons. The minimum absolute atomic E-state index is 0.0922. The Bertz CT molecular complexity index is 979. The van der Waals surface area contributed by atoms with Crippen molar-refractivity contribution in [2.75, 3.05) is 11.3 Å². The summed E-state index contributed by atoms with van der Waals surface area (Å²) in [5.41, 5.74) is 3.56. The van der Waals surface area contributed by atoms with Gasteiger partial charge < -0.3 is 4.74 Å². The molecule has 5 heteroatoms. The van der Waals surface area contributed by atoms with Crippen LogP contribution in [0.15, 0.2) is 83.8 Å². The van der Waals surface area contributed by atoms with Crippen LogP contribution >= 0.6 is 0 Å². The zero-order valence-corrected chi connectivity index (χ0v) is 14.2. The Labute approximate surface area is 147 Å². The van der Waals surface area contributed by atoms with E-state index in [-0.39, 0.29) is 11.0 Å². The van der Waals surface area contributed by atoms with Gasteiger partial charge in [0.25, 0.3) is 10.0 Å². The zero-order chi connectivity index (χ0) is 17.3. The average Bonchev–Trinajstić information content (AvgIpc) is 3.48. The molecule has 3 aromatic carbocycles. The second-order valence-electron chi connectivity index (χ2n) is 5.94. The summed E-state index contributed by atoms with van der Waals surface area (Å²) in [5.74, 6) is 0. The monoisotopic (exact) mass is 351 g/mol. The fraction of sp³-hybridized carbons (Fsp3) is 0.100. The number of anilines is 1. The molecule has 1 heterocycles. The molecule has 126 valence electrons. The molecule has 4 nitrogen and oxygen atoms in total. The number of epoxide rings is 1. The van der Waals surface area contributed by atoms with Gasteiger partial charge in [0.2, 0.25) is 0 Å². The van der Waals surface area contributed by atoms with Gasteiger partial charge in [-0.05, 0) is 41.0 Å². The van der Waals surface area contributed by atoms with Crippen molar-refractivity contribution in [2.24, 2.45) is 0 Å². The number of benzene rings is 3. The molecule has 0 spiro atoms. The Morgan fingerprint density at radius 2 is 1.52 bits per heavy atom. The maximum absolute atomic E-state index is 12.6. The SMILES string of the molecule is O=S(=O)(Nc1cccc(C2CO2)c1)c1ccc(-c2ccccc2)cc1. The van der Waals surface area contributed by atoms with Crippen molar-refractivity contribution in [3.05, 3.63) is 84.4 Å². The van der Waals surface area contributed by atoms with Crippen molar-refractivity contribution in [3.8, 4) is 11.1 Å². The molecule has 1 aliphatic heterocycles. The van der Waals surface area contributed by atoms with Crippen LogP contribution in [0.3, 0.4) is 0 Å². The first kappa shape index (κ1) is 15.9. The molecule has 3 aromatic rings. The van der Waals surface area contributed by atoms with Crippen molar-refractivity contribution in [3.63, 3.8) is 0 Å². The van der Waals surface area contributed by atoms with Gasteiger partial charge in [-0.15, -0.1) is 0 Å². The lowest BCUT2D eigenvalue weighted by atomic mass is 10.1. The maximum Gasteiger partial charge on any atom is 0.261 e. The lowest BCUT2D eigenvalue weighted by Crippen LogP contribution is -2.13. The first-order valence-electron chi connectivity index (χ1n) is 8.02. The first-order chi connectivity index (χ1) is 12.1. The molecule has 1 fully saturated rings. The minimum Gasteiger partial charge on any atom is -0.368 e. The fourth-order valence-electron chi connectivity index (χ4n) is 2.71. The van der Waals surface area contributed by atoms with E-state index in [1.807, 2.05) is 60.7 Å². The summed E-state index contributed by atoms with van der Waals surface area (Å²) >= 11 is 0. The predicted octanol–water partition coefficient (Wildman–Crippen LogP) is 4.23. The van der Waals surface area contributed by atoms with Crippen LogP contribution in [0.2, 0.25) is 0 Å². The molecule has 1 saturated heterocycles. The quantitative estimate of drug-likeness (QED) is 0.700. The molecular weight excluding hydrogens is 334 g/mol. The van der Waals surface area contributed by atoms with Crippen LogP contribution in [-0.4, -0.2) is 15.0 Å². The number of ether oxygens (including phenoxy) is 1. The number of hydrogen-bond donors (Lipinski definition) is 1. The Hall–Kier alpha value is -2.63. The summed E-state index contributed by atoms with van der Waals surface area (Å²) in [4.78, 5) is 0.236. The van der Waals surface area contributed by atoms with E-state index in [1.165, 1.54) is 0 Å². The maximum atomic E-state index is 12.6. The topological polar surface area (TPSA) is 58.7 Å². The highest BCUT2D eigenvalue weighted by Crippen LogP contribution is 2.31. The Morgan fingerprint density at radius 3 is 2.20 bits per heavy atom. The van der Waals surface area contributed by atoms with Gasteiger partial charge in [0.05, 0.1) is 11.5 Å². The first-order valence-corrected chi connectivity index (χ1v) is 9.50. The van der Waals surface area contributed by atoms with E-state index in [0.29, 0.717) is 12.3 Å². The largest absolute Gasteiger partial charge is 0.368 e. The lowest BCUT2D eigenvalue weighted by Gasteiger charge is -2.10. The average molecular weight is 351 g/mol. The third kappa shape index (κ3) is 3.57. The van der Waals surface area contributed by atoms with Gasteiger partial charge in [-0.1, -0.05) is 54.6 Å². The van der Waals surface area contributed by atoms with Crippen molar-refractivity contribution >= 4 is 15.7 Å². The van der Waals surface area contributed by atoms with Crippen molar-refractivity contribution < 1.29 is 13.2 Å². The highest BCUT2D eigenvalue weighted by molar-refractivity contribution is 7.92. The van der Waals surface area contributed by atoms with Crippen LogP contribution in [0.4, 0.5) is 5.69 Å². The second kappa shape index (κ2) is 6.35. The van der Waals surface area contributed by atoms with Crippen LogP contribution in [0, 0.1) is 0 Å². The van der Waals surface area contributed by atoms with E-state index >= 15 is 0 Å². The summed E-state index contributed by atoms with van der Waals surface area (Å²) in [6.07, 6.45) is 0.0922. The van der Waals surface area contributed by atoms with Crippen LogP contribution < -0.4 is 4.72 Å². The normalized spacial score (nSPS) is 16.4. The van der Waals surface area contributed by atoms with Gasteiger partial charge in [-0.25, -0.2) is 8.42 Å². The molecular formula is C20H17NO3S. The minimum atomic E-state index is -3.63. The molecule has 0 aliphatic carbocycles. The zero-order valence-electron chi connectivity index (χ0n) is 13.4. The second-order valence-corrected chi connectivity index (χ2v) is 7.63. The Morgan fingerprint density at radius 1 is 0.840 bits per heavy atom.